The van der Waals surface area contributed by atoms with E-state index in [1.54, 1.807) is 13.2 Å². The predicted molar refractivity (Wildman–Crippen MR) is 71.7 cm³/mol. The predicted octanol–water partition coefficient (Wildman–Crippen LogP) is 1.51. The molecule has 0 bridgehead atoms. The lowest BCUT2D eigenvalue weighted by molar-refractivity contribution is 0.425. The van der Waals surface area contributed by atoms with Crippen molar-refractivity contribution >= 4 is 21.2 Å². The highest BCUT2D eigenvalue weighted by atomic mass is 32.2. The fourth-order valence-corrected chi connectivity index (χ4v) is 3.65. The number of sulfone groups is 1. The van der Waals surface area contributed by atoms with Crippen LogP contribution in [0.4, 0.5) is 0 Å². The second kappa shape index (κ2) is 4.84. The number of aryl methyl sites for hydroxylation is 1. The van der Waals surface area contributed by atoms with Crippen molar-refractivity contribution in [3.8, 4) is 10.8 Å². The number of hydrogen-bond acceptors (Lipinski definition) is 7. The van der Waals surface area contributed by atoms with Gasteiger partial charge in [-0.05, 0) is 11.4 Å². The lowest BCUT2D eigenvalue weighted by Crippen LogP contribution is -2.11. The molecule has 0 saturated carbocycles. The summed E-state index contributed by atoms with van der Waals surface area (Å²) in [5.41, 5.74) is 0. The Labute approximate surface area is 118 Å². The van der Waals surface area contributed by atoms with Gasteiger partial charge < -0.3 is 9.09 Å². The minimum Gasteiger partial charge on any atom is -0.333 e. The molecule has 3 aromatic rings. The summed E-state index contributed by atoms with van der Waals surface area (Å²) in [6, 6.07) is 3.68. The molecule has 9 heteroatoms. The van der Waals surface area contributed by atoms with E-state index < -0.39 is 9.84 Å². The third-order valence-corrected chi connectivity index (χ3v) is 5.02. The van der Waals surface area contributed by atoms with Crippen LogP contribution in [0.2, 0.25) is 0 Å². The first-order valence-electron chi connectivity index (χ1n) is 5.63. The molecule has 3 rings (SSSR count). The standard InChI is InChI=1S/C11H10N4O3S2/c1-15-5-4-12-11(15)20(16,17)7-9-13-10(18-14-9)8-3-2-6-19-8/h2-6H,7H2,1H3. The Balaban J connectivity index is 1.87. The van der Waals surface area contributed by atoms with E-state index in [-0.39, 0.29) is 16.7 Å². The number of aromatic nitrogens is 4. The monoisotopic (exact) mass is 310 g/mol. The molecular weight excluding hydrogens is 300 g/mol. The third-order valence-electron chi connectivity index (χ3n) is 2.57. The summed E-state index contributed by atoms with van der Waals surface area (Å²) < 4.78 is 30.9. The molecule has 0 amide bonds. The van der Waals surface area contributed by atoms with Crippen molar-refractivity contribution in [1.82, 2.24) is 19.7 Å². The van der Waals surface area contributed by atoms with Crippen molar-refractivity contribution in [2.24, 2.45) is 7.05 Å². The summed E-state index contributed by atoms with van der Waals surface area (Å²) in [7, 11) is -1.97. The zero-order valence-electron chi connectivity index (χ0n) is 10.4. The Morgan fingerprint density at radius 3 is 2.95 bits per heavy atom. The van der Waals surface area contributed by atoms with Crippen molar-refractivity contribution < 1.29 is 12.9 Å². The molecule has 104 valence electrons. The Bertz CT molecular complexity index is 818. The highest BCUT2D eigenvalue weighted by Gasteiger charge is 2.23. The molecule has 0 atom stereocenters. The van der Waals surface area contributed by atoms with Crippen LogP contribution < -0.4 is 0 Å². The Morgan fingerprint density at radius 2 is 2.30 bits per heavy atom. The van der Waals surface area contributed by atoms with Gasteiger partial charge in [0.05, 0.1) is 4.88 Å². The maximum atomic E-state index is 12.2. The lowest BCUT2D eigenvalue weighted by atomic mass is 10.5. The third kappa shape index (κ3) is 2.37. The topological polar surface area (TPSA) is 90.9 Å². The first-order chi connectivity index (χ1) is 9.56. The van der Waals surface area contributed by atoms with E-state index in [9.17, 15) is 8.42 Å². The van der Waals surface area contributed by atoms with Gasteiger partial charge in [-0.25, -0.2) is 13.4 Å². The Morgan fingerprint density at radius 1 is 1.45 bits per heavy atom. The van der Waals surface area contributed by atoms with E-state index in [2.05, 4.69) is 15.1 Å². The van der Waals surface area contributed by atoms with E-state index in [4.69, 9.17) is 4.52 Å². The average Bonchev–Trinajstić information content (AvgIpc) is 3.06. The smallest absolute Gasteiger partial charge is 0.268 e. The molecule has 0 saturated heterocycles. The van der Waals surface area contributed by atoms with Crippen LogP contribution in [0.5, 0.6) is 0 Å². The van der Waals surface area contributed by atoms with Crippen LogP contribution in [0, 0.1) is 0 Å². The second-order valence-corrected chi connectivity index (χ2v) is 6.90. The van der Waals surface area contributed by atoms with Crippen LogP contribution in [0.15, 0.2) is 39.6 Å². The average molecular weight is 310 g/mol. The molecule has 0 unspecified atom stereocenters. The van der Waals surface area contributed by atoms with Crippen molar-refractivity contribution in [3.05, 3.63) is 35.7 Å². The Kier molecular flexibility index (Phi) is 3.14. The van der Waals surface area contributed by atoms with Crippen molar-refractivity contribution in [3.63, 3.8) is 0 Å². The molecule has 0 aromatic carbocycles. The summed E-state index contributed by atoms with van der Waals surface area (Å²) in [5, 5.41) is 5.57. The largest absolute Gasteiger partial charge is 0.333 e. The summed E-state index contributed by atoms with van der Waals surface area (Å²) in [6.07, 6.45) is 3.00. The molecule has 0 fully saturated rings. The lowest BCUT2D eigenvalue weighted by Gasteiger charge is -2.00. The number of rotatable bonds is 4. The molecule has 0 spiro atoms. The van der Waals surface area contributed by atoms with E-state index >= 15 is 0 Å². The van der Waals surface area contributed by atoms with Crippen molar-refractivity contribution in [1.29, 1.82) is 0 Å². The molecular formula is C11H10N4O3S2. The summed E-state index contributed by atoms with van der Waals surface area (Å²) in [5.74, 6) is 0.105. The van der Waals surface area contributed by atoms with Gasteiger partial charge in [0.25, 0.3) is 5.89 Å². The van der Waals surface area contributed by atoms with Gasteiger partial charge in [0.2, 0.25) is 15.0 Å². The van der Waals surface area contributed by atoms with Crippen LogP contribution in [0.1, 0.15) is 5.82 Å². The van der Waals surface area contributed by atoms with E-state index in [0.29, 0.717) is 5.89 Å². The molecule has 0 aliphatic rings. The van der Waals surface area contributed by atoms with Crippen LogP contribution >= 0.6 is 11.3 Å². The van der Waals surface area contributed by atoms with Crippen LogP contribution in [0.3, 0.4) is 0 Å². The first kappa shape index (κ1) is 13.0. The van der Waals surface area contributed by atoms with Gasteiger partial charge in [-0.15, -0.1) is 11.3 Å². The molecule has 0 radical (unpaired) electrons. The zero-order chi connectivity index (χ0) is 14.2. The highest BCUT2D eigenvalue weighted by molar-refractivity contribution is 7.90. The molecule has 3 aromatic heterocycles. The molecule has 7 nitrogen and oxygen atoms in total. The normalized spacial score (nSPS) is 11.8. The van der Waals surface area contributed by atoms with Gasteiger partial charge in [0.15, 0.2) is 5.82 Å². The second-order valence-electron chi connectivity index (χ2n) is 4.07. The van der Waals surface area contributed by atoms with E-state index in [1.807, 2.05) is 17.5 Å². The van der Waals surface area contributed by atoms with Crippen LogP contribution in [-0.4, -0.2) is 28.1 Å². The minimum absolute atomic E-state index is 0.0139. The zero-order valence-corrected chi connectivity index (χ0v) is 12.1. The maximum absolute atomic E-state index is 12.2. The van der Waals surface area contributed by atoms with Gasteiger partial charge in [-0.2, -0.15) is 4.98 Å². The Hall–Kier alpha value is -2.00. The fourth-order valence-electron chi connectivity index (χ4n) is 1.70. The van der Waals surface area contributed by atoms with Gasteiger partial charge in [0, 0.05) is 19.4 Å². The van der Waals surface area contributed by atoms with Gasteiger partial charge >= 0.3 is 0 Å². The number of nitrogens with zero attached hydrogens (tertiary/aromatic N) is 4. The summed E-state index contributed by atoms with van der Waals surface area (Å²) in [4.78, 5) is 8.73. The van der Waals surface area contributed by atoms with Gasteiger partial charge in [-0.3, -0.25) is 0 Å². The molecule has 0 N–H and O–H groups in total. The van der Waals surface area contributed by atoms with Crippen LogP contribution in [-0.2, 0) is 22.6 Å². The van der Waals surface area contributed by atoms with Crippen LogP contribution in [0.25, 0.3) is 10.8 Å². The number of imidazole rings is 1. The number of thiophene rings is 1. The fraction of sp³-hybridized carbons (Fsp3) is 0.182. The molecule has 20 heavy (non-hydrogen) atoms. The van der Waals surface area contributed by atoms with E-state index in [0.717, 1.165) is 4.88 Å². The van der Waals surface area contributed by atoms with Gasteiger partial charge in [0.1, 0.15) is 5.75 Å². The van der Waals surface area contributed by atoms with E-state index in [1.165, 1.54) is 22.1 Å². The minimum atomic E-state index is -3.59. The first-order valence-corrected chi connectivity index (χ1v) is 8.16. The number of hydrogen-bond donors (Lipinski definition) is 0. The van der Waals surface area contributed by atoms with Crippen molar-refractivity contribution in [2.45, 2.75) is 10.9 Å². The summed E-state index contributed by atoms with van der Waals surface area (Å²) in [6.45, 7) is 0. The SMILES string of the molecule is Cn1ccnc1S(=O)(=O)Cc1noc(-c2cccs2)n1. The van der Waals surface area contributed by atoms with Crippen molar-refractivity contribution in [2.75, 3.05) is 0 Å². The quantitative estimate of drug-likeness (QED) is 0.725. The summed E-state index contributed by atoms with van der Waals surface area (Å²) >= 11 is 1.45. The maximum Gasteiger partial charge on any atom is 0.268 e. The highest BCUT2D eigenvalue weighted by Crippen LogP contribution is 2.23. The van der Waals surface area contributed by atoms with Gasteiger partial charge in [-0.1, -0.05) is 11.2 Å². The molecule has 3 heterocycles. The molecule has 0 aliphatic carbocycles. The molecule has 0 aliphatic heterocycles.